The molecule has 5 nitrogen and oxygen atoms in total. The van der Waals surface area contributed by atoms with E-state index < -0.39 is 11.6 Å². The van der Waals surface area contributed by atoms with Gasteiger partial charge in [0.1, 0.15) is 11.8 Å². The van der Waals surface area contributed by atoms with Gasteiger partial charge in [0.25, 0.3) is 5.91 Å². The molecule has 0 spiro atoms. The molecular formula is C24H30BrClN2O3. The second-order valence-electron chi connectivity index (χ2n) is 8.53. The van der Waals surface area contributed by atoms with Crippen LogP contribution in [0.3, 0.4) is 0 Å². The molecule has 0 aliphatic carbocycles. The zero-order valence-corrected chi connectivity index (χ0v) is 21.0. The molecule has 2 rings (SSSR count). The number of hydrogen-bond acceptors (Lipinski definition) is 3. The molecule has 1 N–H and O–H groups in total. The summed E-state index contributed by atoms with van der Waals surface area (Å²) in [4.78, 5) is 27.8. The highest BCUT2D eigenvalue weighted by atomic mass is 79.9. The molecule has 0 fully saturated rings. The molecule has 1 atom stereocenters. The maximum absolute atomic E-state index is 13.2. The van der Waals surface area contributed by atoms with E-state index in [1.807, 2.05) is 58.9 Å². The Morgan fingerprint density at radius 1 is 1.16 bits per heavy atom. The molecule has 0 unspecified atom stereocenters. The molecule has 0 radical (unpaired) electrons. The number of benzene rings is 2. The van der Waals surface area contributed by atoms with Crippen molar-refractivity contribution >= 4 is 39.3 Å². The summed E-state index contributed by atoms with van der Waals surface area (Å²) in [5.74, 6) is 0.0710. The smallest absolute Gasteiger partial charge is 0.261 e. The Morgan fingerprint density at radius 3 is 2.35 bits per heavy atom. The molecule has 7 heteroatoms. The van der Waals surface area contributed by atoms with Crippen LogP contribution in [0.1, 0.15) is 45.2 Å². The highest BCUT2D eigenvalue weighted by molar-refractivity contribution is 9.10. The van der Waals surface area contributed by atoms with Crippen molar-refractivity contribution in [3.05, 3.63) is 63.1 Å². The molecule has 0 aliphatic heterocycles. The third-order valence-electron chi connectivity index (χ3n) is 4.60. The van der Waals surface area contributed by atoms with E-state index in [1.165, 1.54) is 0 Å². The van der Waals surface area contributed by atoms with Gasteiger partial charge in [0, 0.05) is 17.1 Å². The van der Waals surface area contributed by atoms with Crippen molar-refractivity contribution in [1.29, 1.82) is 0 Å². The second kappa shape index (κ2) is 11.0. The lowest BCUT2D eigenvalue weighted by atomic mass is 10.1. The lowest BCUT2D eigenvalue weighted by molar-refractivity contribution is -0.143. The Morgan fingerprint density at radius 2 is 1.81 bits per heavy atom. The first-order valence-electron chi connectivity index (χ1n) is 10.2. The van der Waals surface area contributed by atoms with Gasteiger partial charge in [-0.05, 0) is 73.8 Å². The number of rotatable bonds is 8. The van der Waals surface area contributed by atoms with Crippen LogP contribution >= 0.6 is 27.5 Å². The zero-order chi connectivity index (χ0) is 23.2. The van der Waals surface area contributed by atoms with Crippen molar-refractivity contribution in [2.24, 2.45) is 0 Å². The van der Waals surface area contributed by atoms with Gasteiger partial charge in [-0.2, -0.15) is 0 Å². The molecule has 0 saturated heterocycles. The first kappa shape index (κ1) is 25.2. The van der Waals surface area contributed by atoms with Gasteiger partial charge in [-0.15, -0.1) is 0 Å². The van der Waals surface area contributed by atoms with Gasteiger partial charge in [0.05, 0.1) is 4.47 Å². The van der Waals surface area contributed by atoms with Crippen LogP contribution < -0.4 is 10.1 Å². The summed E-state index contributed by atoms with van der Waals surface area (Å²) in [6.45, 7) is 9.81. The van der Waals surface area contributed by atoms with Gasteiger partial charge in [-0.25, -0.2) is 0 Å². The lowest BCUT2D eigenvalue weighted by Crippen LogP contribution is -2.54. The van der Waals surface area contributed by atoms with E-state index in [1.54, 1.807) is 23.1 Å². The molecule has 0 saturated carbocycles. The molecule has 0 aromatic heterocycles. The van der Waals surface area contributed by atoms with E-state index >= 15 is 0 Å². The summed E-state index contributed by atoms with van der Waals surface area (Å²) >= 11 is 9.37. The third kappa shape index (κ3) is 7.86. The van der Waals surface area contributed by atoms with Crippen molar-refractivity contribution in [1.82, 2.24) is 10.2 Å². The molecule has 0 aliphatic rings. The SMILES string of the molecule is CC[C@@H](C(=O)NC(C)(C)C)N(Cc1ccc(C)cc1)C(=O)COc1ccc(Cl)cc1Br. The highest BCUT2D eigenvalue weighted by Crippen LogP contribution is 2.28. The number of carbonyl (C=O) groups excluding carboxylic acids is 2. The van der Waals surface area contributed by atoms with E-state index in [0.717, 1.165) is 11.1 Å². The van der Waals surface area contributed by atoms with Crippen LogP contribution in [0, 0.1) is 6.92 Å². The zero-order valence-electron chi connectivity index (χ0n) is 18.7. The van der Waals surface area contributed by atoms with Gasteiger partial charge in [-0.3, -0.25) is 9.59 Å². The molecule has 2 amide bonds. The summed E-state index contributed by atoms with van der Waals surface area (Å²) in [7, 11) is 0. The number of hydrogen-bond donors (Lipinski definition) is 1. The quantitative estimate of drug-likeness (QED) is 0.510. The van der Waals surface area contributed by atoms with E-state index in [9.17, 15) is 9.59 Å². The maximum atomic E-state index is 13.2. The fourth-order valence-electron chi connectivity index (χ4n) is 3.08. The number of carbonyl (C=O) groups is 2. The number of ether oxygens (including phenoxy) is 1. The van der Waals surface area contributed by atoms with E-state index in [2.05, 4.69) is 21.2 Å². The summed E-state index contributed by atoms with van der Waals surface area (Å²) < 4.78 is 6.40. The number of nitrogens with one attached hydrogen (secondary N) is 1. The van der Waals surface area contributed by atoms with E-state index in [0.29, 0.717) is 28.2 Å². The molecule has 168 valence electrons. The number of halogens is 2. The fraction of sp³-hybridized carbons (Fsp3) is 0.417. The summed E-state index contributed by atoms with van der Waals surface area (Å²) in [6.07, 6.45) is 0.490. The predicted molar refractivity (Wildman–Crippen MR) is 128 cm³/mol. The van der Waals surface area contributed by atoms with Crippen LogP contribution in [-0.2, 0) is 16.1 Å². The second-order valence-corrected chi connectivity index (χ2v) is 9.82. The number of nitrogens with zero attached hydrogens (tertiary/aromatic N) is 1. The third-order valence-corrected chi connectivity index (χ3v) is 5.46. The average molecular weight is 510 g/mol. The summed E-state index contributed by atoms with van der Waals surface area (Å²) in [5, 5.41) is 3.56. The van der Waals surface area contributed by atoms with Gasteiger partial charge in [0.2, 0.25) is 5.91 Å². The van der Waals surface area contributed by atoms with Crippen LogP contribution in [0.25, 0.3) is 0 Å². The first-order valence-corrected chi connectivity index (χ1v) is 11.4. The average Bonchev–Trinajstić information content (AvgIpc) is 2.67. The highest BCUT2D eigenvalue weighted by Gasteiger charge is 2.31. The fourth-order valence-corrected chi connectivity index (χ4v) is 3.87. The Hall–Kier alpha value is -2.05. The van der Waals surface area contributed by atoms with E-state index in [-0.39, 0.29) is 18.4 Å². The number of amides is 2. The van der Waals surface area contributed by atoms with Crippen molar-refractivity contribution in [3.63, 3.8) is 0 Å². The normalized spacial score (nSPS) is 12.2. The predicted octanol–water partition coefficient (Wildman–Crippen LogP) is 5.51. The minimum atomic E-state index is -0.606. The van der Waals surface area contributed by atoms with Crippen molar-refractivity contribution in [2.45, 2.75) is 59.2 Å². The van der Waals surface area contributed by atoms with Crippen LogP contribution in [0.15, 0.2) is 46.9 Å². The Bertz CT molecular complexity index is 910. The molecular weight excluding hydrogens is 480 g/mol. The van der Waals surface area contributed by atoms with Crippen LogP contribution in [0.4, 0.5) is 0 Å². The minimum Gasteiger partial charge on any atom is -0.483 e. The topological polar surface area (TPSA) is 58.6 Å². The first-order chi connectivity index (χ1) is 14.5. The van der Waals surface area contributed by atoms with Gasteiger partial charge in [0.15, 0.2) is 6.61 Å². The lowest BCUT2D eigenvalue weighted by Gasteiger charge is -2.33. The molecule has 0 heterocycles. The van der Waals surface area contributed by atoms with E-state index in [4.69, 9.17) is 16.3 Å². The van der Waals surface area contributed by atoms with Gasteiger partial charge < -0.3 is 15.0 Å². The molecule has 31 heavy (non-hydrogen) atoms. The summed E-state index contributed by atoms with van der Waals surface area (Å²) in [6, 6.07) is 12.4. The Kier molecular flexibility index (Phi) is 8.95. The monoisotopic (exact) mass is 508 g/mol. The largest absolute Gasteiger partial charge is 0.483 e. The standard InChI is InChI=1S/C24H30BrClN2O3/c1-6-20(23(30)27-24(3,4)5)28(14-17-9-7-16(2)8-10-17)22(29)15-31-21-12-11-18(26)13-19(21)25/h7-13,20H,6,14-15H2,1-5H3,(H,27,30)/t20-/m0/s1. The summed E-state index contributed by atoms with van der Waals surface area (Å²) in [5.41, 5.74) is 1.69. The van der Waals surface area contributed by atoms with Crippen molar-refractivity contribution < 1.29 is 14.3 Å². The minimum absolute atomic E-state index is 0.178. The van der Waals surface area contributed by atoms with Crippen LogP contribution in [0.5, 0.6) is 5.75 Å². The Labute approximate surface area is 198 Å². The Balaban J connectivity index is 2.24. The molecule has 2 aromatic carbocycles. The maximum Gasteiger partial charge on any atom is 0.261 e. The van der Waals surface area contributed by atoms with Crippen molar-refractivity contribution in [3.8, 4) is 5.75 Å². The molecule has 0 bridgehead atoms. The van der Waals surface area contributed by atoms with Crippen molar-refractivity contribution in [2.75, 3.05) is 6.61 Å². The van der Waals surface area contributed by atoms with Crippen LogP contribution in [-0.4, -0.2) is 34.9 Å². The number of aryl methyl sites for hydroxylation is 1. The molecule has 2 aromatic rings. The van der Waals surface area contributed by atoms with Gasteiger partial charge >= 0.3 is 0 Å². The van der Waals surface area contributed by atoms with Crippen LogP contribution in [0.2, 0.25) is 5.02 Å². The van der Waals surface area contributed by atoms with Gasteiger partial charge in [-0.1, -0.05) is 48.4 Å².